The average molecular weight is 387 g/mol. The number of halogens is 2. The van der Waals surface area contributed by atoms with Gasteiger partial charge in [0.2, 0.25) is 10.0 Å². The summed E-state index contributed by atoms with van der Waals surface area (Å²) in [4.78, 5) is 2.22. The zero-order valence-electron chi connectivity index (χ0n) is 14.5. The van der Waals surface area contributed by atoms with Gasteiger partial charge in [0.1, 0.15) is 17.7 Å². The maximum atomic E-state index is 14.0. The van der Waals surface area contributed by atoms with Crippen LogP contribution in [-0.2, 0) is 14.8 Å². The summed E-state index contributed by atoms with van der Waals surface area (Å²) in [6.07, 6.45) is 1.16. The van der Waals surface area contributed by atoms with Crippen LogP contribution in [0.2, 0.25) is 0 Å². The summed E-state index contributed by atoms with van der Waals surface area (Å²) in [6.45, 7) is 2.41. The van der Waals surface area contributed by atoms with Crippen molar-refractivity contribution >= 4 is 10.0 Å². The van der Waals surface area contributed by atoms with Crippen molar-refractivity contribution in [2.24, 2.45) is 11.7 Å². The van der Waals surface area contributed by atoms with Crippen molar-refractivity contribution in [1.82, 2.24) is 9.21 Å². The number of nitrogens with two attached hydrogens (primary N) is 1. The van der Waals surface area contributed by atoms with Gasteiger partial charge in [0.25, 0.3) is 0 Å². The molecule has 4 rings (SSSR count). The van der Waals surface area contributed by atoms with Gasteiger partial charge >= 0.3 is 0 Å². The summed E-state index contributed by atoms with van der Waals surface area (Å²) in [5, 5.41) is 0. The van der Waals surface area contributed by atoms with Crippen molar-refractivity contribution in [1.29, 1.82) is 0 Å². The molecule has 6 nitrogen and oxygen atoms in total. The fourth-order valence-electron chi connectivity index (χ4n) is 4.45. The molecular weight excluding hydrogens is 364 g/mol. The van der Waals surface area contributed by atoms with Crippen LogP contribution in [0.25, 0.3) is 0 Å². The van der Waals surface area contributed by atoms with E-state index in [0.29, 0.717) is 32.0 Å². The normalized spacial score (nSPS) is 35.9. The van der Waals surface area contributed by atoms with Gasteiger partial charge in [-0.25, -0.2) is 17.2 Å². The van der Waals surface area contributed by atoms with Crippen LogP contribution in [0.4, 0.5) is 8.78 Å². The summed E-state index contributed by atoms with van der Waals surface area (Å²) >= 11 is 0. The van der Waals surface area contributed by atoms with Crippen molar-refractivity contribution in [2.75, 3.05) is 32.5 Å². The molecule has 2 unspecified atom stereocenters. The van der Waals surface area contributed by atoms with Crippen LogP contribution in [-0.4, -0.2) is 68.2 Å². The molecule has 3 heterocycles. The second-order valence-electron chi connectivity index (χ2n) is 7.59. The number of likely N-dealkylation sites (tertiary alicyclic amines) is 1. The second kappa shape index (κ2) is 6.49. The molecule has 26 heavy (non-hydrogen) atoms. The van der Waals surface area contributed by atoms with Crippen LogP contribution in [0.15, 0.2) is 18.2 Å². The topological polar surface area (TPSA) is 75.9 Å². The first-order valence-corrected chi connectivity index (χ1v) is 10.6. The fourth-order valence-corrected chi connectivity index (χ4v) is 5.65. The largest absolute Gasteiger partial charge is 0.370 e. The van der Waals surface area contributed by atoms with Crippen molar-refractivity contribution in [3.05, 3.63) is 35.4 Å². The predicted octanol–water partition coefficient (Wildman–Crippen LogP) is 0.698. The Kier molecular flexibility index (Phi) is 4.55. The maximum absolute atomic E-state index is 14.0. The van der Waals surface area contributed by atoms with Gasteiger partial charge in [-0.15, -0.1) is 0 Å². The van der Waals surface area contributed by atoms with Crippen LogP contribution < -0.4 is 5.73 Å². The molecule has 3 aliphatic rings. The molecule has 0 radical (unpaired) electrons. The highest BCUT2D eigenvalue weighted by atomic mass is 32.2. The minimum atomic E-state index is -3.17. The number of rotatable bonds is 3. The summed E-state index contributed by atoms with van der Waals surface area (Å²) < 4.78 is 58.3. The zero-order chi connectivity index (χ0) is 18.6. The molecule has 5 atom stereocenters. The molecule has 2 N–H and O–H groups in total. The standard InChI is InChI=1S/C17H23F2N3O3S/c1-26(23,24)22-7-10-6-21(8-16(10)22)12-5-15(20)17(25-9-12)13-4-11(18)2-3-14(13)19/h2-4,10,12,15-17H,5-9,20H2,1H3/t10?,12-,15+,16?,17-/m1/s1. The minimum absolute atomic E-state index is 0.0274. The van der Waals surface area contributed by atoms with Gasteiger partial charge in [0.15, 0.2) is 0 Å². The Morgan fingerprint density at radius 2 is 2.00 bits per heavy atom. The lowest BCUT2D eigenvalue weighted by atomic mass is 9.93. The second-order valence-corrected chi connectivity index (χ2v) is 9.52. The molecule has 0 amide bonds. The van der Waals surface area contributed by atoms with Gasteiger partial charge in [0.05, 0.1) is 12.9 Å². The number of benzene rings is 1. The molecule has 0 spiro atoms. The molecule has 0 aliphatic carbocycles. The summed E-state index contributed by atoms with van der Waals surface area (Å²) in [5.74, 6) is -0.691. The van der Waals surface area contributed by atoms with E-state index in [1.54, 1.807) is 4.31 Å². The Balaban J connectivity index is 1.41. The zero-order valence-corrected chi connectivity index (χ0v) is 15.3. The molecule has 3 saturated heterocycles. The number of hydrogen-bond donors (Lipinski definition) is 1. The van der Waals surface area contributed by atoms with E-state index >= 15 is 0 Å². The third-order valence-electron chi connectivity index (χ3n) is 5.83. The highest BCUT2D eigenvalue weighted by Crippen LogP contribution is 2.38. The van der Waals surface area contributed by atoms with E-state index in [4.69, 9.17) is 10.5 Å². The summed E-state index contributed by atoms with van der Waals surface area (Å²) in [5.41, 5.74) is 6.38. The number of hydrogen-bond acceptors (Lipinski definition) is 5. The van der Waals surface area contributed by atoms with E-state index in [9.17, 15) is 17.2 Å². The predicted molar refractivity (Wildman–Crippen MR) is 91.8 cm³/mol. The van der Waals surface area contributed by atoms with Gasteiger partial charge in [-0.2, -0.15) is 4.31 Å². The number of sulfonamides is 1. The lowest BCUT2D eigenvalue weighted by Gasteiger charge is -2.41. The average Bonchev–Trinajstić information content (AvgIpc) is 2.85. The lowest BCUT2D eigenvalue weighted by molar-refractivity contribution is -0.0474. The quantitative estimate of drug-likeness (QED) is 0.826. The third kappa shape index (κ3) is 3.16. The molecule has 1 aromatic carbocycles. The molecule has 3 aliphatic heterocycles. The summed E-state index contributed by atoms with van der Waals surface area (Å²) in [6, 6.07) is 2.94. The van der Waals surface area contributed by atoms with E-state index in [0.717, 1.165) is 24.7 Å². The molecule has 0 saturated carbocycles. The fraction of sp³-hybridized carbons (Fsp3) is 0.647. The Labute approximate surface area is 151 Å². The lowest BCUT2D eigenvalue weighted by Crippen LogP contribution is -2.57. The minimum Gasteiger partial charge on any atom is -0.370 e. The number of nitrogens with zero attached hydrogens (tertiary/aromatic N) is 2. The Morgan fingerprint density at radius 1 is 1.23 bits per heavy atom. The monoisotopic (exact) mass is 387 g/mol. The Hall–Kier alpha value is -1.13. The molecular formula is C17H23F2N3O3S. The molecule has 9 heteroatoms. The highest BCUT2D eigenvalue weighted by molar-refractivity contribution is 7.88. The van der Waals surface area contributed by atoms with Gasteiger partial charge in [-0.3, -0.25) is 4.90 Å². The SMILES string of the molecule is CS(=O)(=O)N1CC2CN([C@H]3CO[C@H](c4cc(F)ccc4F)[C@@H](N)C3)CC21. The number of ether oxygens (including phenoxy) is 1. The van der Waals surface area contributed by atoms with E-state index < -0.39 is 33.8 Å². The molecule has 3 fully saturated rings. The smallest absolute Gasteiger partial charge is 0.211 e. The summed E-state index contributed by atoms with van der Waals surface area (Å²) in [7, 11) is -3.17. The van der Waals surface area contributed by atoms with E-state index in [-0.39, 0.29) is 17.6 Å². The first-order chi connectivity index (χ1) is 12.2. The third-order valence-corrected chi connectivity index (χ3v) is 7.10. The van der Waals surface area contributed by atoms with Gasteiger partial charge in [0, 0.05) is 49.2 Å². The van der Waals surface area contributed by atoms with Crippen molar-refractivity contribution < 1.29 is 21.9 Å². The van der Waals surface area contributed by atoms with Crippen LogP contribution in [0, 0.1) is 17.6 Å². The van der Waals surface area contributed by atoms with E-state index in [1.807, 2.05) is 0 Å². The molecule has 1 aromatic rings. The van der Waals surface area contributed by atoms with Gasteiger partial charge < -0.3 is 10.5 Å². The van der Waals surface area contributed by atoms with Gasteiger partial charge in [-0.1, -0.05) is 0 Å². The van der Waals surface area contributed by atoms with Crippen LogP contribution in [0.3, 0.4) is 0 Å². The number of fused-ring (bicyclic) bond motifs is 1. The van der Waals surface area contributed by atoms with Crippen LogP contribution in [0.5, 0.6) is 0 Å². The van der Waals surface area contributed by atoms with E-state index in [1.165, 1.54) is 6.26 Å². The van der Waals surface area contributed by atoms with Crippen molar-refractivity contribution in [3.8, 4) is 0 Å². The first-order valence-electron chi connectivity index (χ1n) is 8.77. The highest BCUT2D eigenvalue weighted by Gasteiger charge is 2.51. The Morgan fingerprint density at radius 3 is 2.69 bits per heavy atom. The Bertz CT molecular complexity index is 806. The molecule has 144 valence electrons. The van der Waals surface area contributed by atoms with Crippen LogP contribution in [0.1, 0.15) is 18.1 Å². The van der Waals surface area contributed by atoms with Crippen LogP contribution >= 0.6 is 0 Å². The molecule has 0 bridgehead atoms. The van der Waals surface area contributed by atoms with Crippen molar-refractivity contribution in [3.63, 3.8) is 0 Å². The van der Waals surface area contributed by atoms with Crippen molar-refractivity contribution in [2.45, 2.75) is 30.7 Å². The van der Waals surface area contributed by atoms with E-state index in [2.05, 4.69) is 4.90 Å². The maximum Gasteiger partial charge on any atom is 0.211 e. The molecule has 0 aromatic heterocycles. The van der Waals surface area contributed by atoms with Gasteiger partial charge in [-0.05, 0) is 24.6 Å². The first kappa shape index (κ1) is 18.2.